The van der Waals surface area contributed by atoms with Gasteiger partial charge in [0, 0.05) is 39.0 Å². The molecule has 0 bridgehead atoms. The summed E-state index contributed by atoms with van der Waals surface area (Å²) >= 11 is 0. The van der Waals surface area contributed by atoms with Crippen LogP contribution in [0.3, 0.4) is 0 Å². The van der Waals surface area contributed by atoms with Crippen LogP contribution in [0.2, 0.25) is 0 Å². The number of hydrogen-bond donors (Lipinski definition) is 0. The van der Waals surface area contributed by atoms with Crippen molar-refractivity contribution >= 4 is 46.3 Å². The van der Waals surface area contributed by atoms with Crippen molar-refractivity contribution < 1.29 is 0 Å². The first-order chi connectivity index (χ1) is 37.2. The van der Waals surface area contributed by atoms with Crippen LogP contribution < -0.4 is 9.80 Å². The third-order valence-electron chi connectivity index (χ3n) is 18.8. The van der Waals surface area contributed by atoms with E-state index < -0.39 is 0 Å². The van der Waals surface area contributed by atoms with Gasteiger partial charge in [0.15, 0.2) is 0 Å². The molecule has 0 aromatic heterocycles. The smallest absolute Gasteiger partial charge is 0.0502 e. The number of allylic oxidation sites excluding steroid dienone is 4. The molecule has 1 atom stereocenters. The van der Waals surface area contributed by atoms with Crippen LogP contribution in [0.5, 0.6) is 0 Å². The molecule has 2 nitrogen and oxygen atoms in total. The van der Waals surface area contributed by atoms with Crippen molar-refractivity contribution in [1.29, 1.82) is 0 Å². The summed E-state index contributed by atoms with van der Waals surface area (Å²) in [4.78, 5) is 5.05. The second-order valence-electron chi connectivity index (χ2n) is 23.2. The Morgan fingerprint density at radius 3 is 1.68 bits per heavy atom. The Bertz CT molecular complexity index is 3930. The summed E-state index contributed by atoms with van der Waals surface area (Å²) < 4.78 is 0. The van der Waals surface area contributed by atoms with Crippen LogP contribution in [0, 0.1) is 6.92 Å². The predicted molar refractivity (Wildman–Crippen MR) is 318 cm³/mol. The van der Waals surface area contributed by atoms with Crippen LogP contribution in [-0.2, 0) is 35.5 Å². The highest BCUT2D eigenvalue weighted by Crippen LogP contribution is 2.62. The number of fused-ring (bicyclic) bond motifs is 13. The zero-order valence-electron chi connectivity index (χ0n) is 44.1. The average molecular weight is 979 g/mol. The van der Waals surface area contributed by atoms with Crippen LogP contribution in [0.4, 0.5) is 34.1 Å². The van der Waals surface area contributed by atoms with Gasteiger partial charge in [-0.1, -0.05) is 196 Å². The first-order valence-corrected chi connectivity index (χ1v) is 27.9. The molecule has 2 heteroatoms. The number of aryl methyl sites for hydroxylation is 2. The number of benzene rings is 9. The van der Waals surface area contributed by atoms with Gasteiger partial charge in [-0.2, -0.15) is 0 Å². The molecule has 2 spiro atoms. The summed E-state index contributed by atoms with van der Waals surface area (Å²) in [5.74, 6) is 0. The maximum absolute atomic E-state index is 2.58. The van der Waals surface area contributed by atoms with Gasteiger partial charge in [0.1, 0.15) is 0 Å². The number of hydrogen-bond acceptors (Lipinski definition) is 2. The first kappa shape index (κ1) is 45.2. The van der Waals surface area contributed by atoms with E-state index in [1.54, 1.807) is 11.1 Å². The van der Waals surface area contributed by atoms with Crippen LogP contribution in [-0.4, -0.2) is 0 Å². The molecule has 9 aromatic rings. The molecule has 5 aliphatic carbocycles. The second-order valence-corrected chi connectivity index (χ2v) is 23.2. The van der Waals surface area contributed by atoms with Crippen LogP contribution >= 0.6 is 0 Å². The number of rotatable bonds is 7. The molecule has 368 valence electrons. The molecular weight excluding hydrogens is 917 g/mol. The highest BCUT2D eigenvalue weighted by Gasteiger charge is 2.50. The summed E-state index contributed by atoms with van der Waals surface area (Å²) in [6, 6.07) is 74.5. The lowest BCUT2D eigenvalue weighted by molar-refractivity contribution is 0.556. The number of para-hydroxylation sites is 4. The van der Waals surface area contributed by atoms with Crippen molar-refractivity contribution in [2.24, 2.45) is 0 Å². The van der Waals surface area contributed by atoms with Gasteiger partial charge >= 0.3 is 0 Å². The van der Waals surface area contributed by atoms with Crippen molar-refractivity contribution in [3.63, 3.8) is 0 Å². The molecule has 0 radical (unpaired) electrons. The van der Waals surface area contributed by atoms with E-state index in [4.69, 9.17) is 0 Å². The first-order valence-electron chi connectivity index (χ1n) is 27.9. The third-order valence-corrected chi connectivity index (χ3v) is 18.8. The zero-order valence-corrected chi connectivity index (χ0v) is 44.1. The van der Waals surface area contributed by atoms with E-state index in [9.17, 15) is 0 Å². The third kappa shape index (κ3) is 6.59. The SMILES string of the molecule is CCc1ccccc1N(c1ccc2c(c1)C1(Cc3ccccc3C1)c1cc(C=Cc3ccc4c(c3)C3(CC5=C(CCC=C5)C3)c3cc(N5c6ccccc6C(C)(C)c6ccccc65)ccc3-4)ccc1-2)c1ccccc1C. The Balaban J connectivity index is 0.814. The van der Waals surface area contributed by atoms with E-state index >= 15 is 0 Å². The Morgan fingerprint density at radius 1 is 0.500 bits per heavy atom. The van der Waals surface area contributed by atoms with Gasteiger partial charge in [-0.3, -0.25) is 0 Å². The molecule has 0 saturated heterocycles. The molecular formula is C74H62N2. The normalized spacial score (nSPS) is 18.3. The zero-order chi connectivity index (χ0) is 50.9. The van der Waals surface area contributed by atoms with E-state index in [2.05, 4.69) is 256 Å². The van der Waals surface area contributed by atoms with Gasteiger partial charge in [0.2, 0.25) is 0 Å². The topological polar surface area (TPSA) is 6.48 Å². The van der Waals surface area contributed by atoms with E-state index in [1.165, 1.54) is 123 Å². The van der Waals surface area contributed by atoms with E-state index in [0.29, 0.717) is 0 Å². The molecule has 0 N–H and O–H groups in total. The summed E-state index contributed by atoms with van der Waals surface area (Å²) in [6.07, 6.45) is 17.0. The monoisotopic (exact) mass is 978 g/mol. The summed E-state index contributed by atoms with van der Waals surface area (Å²) in [6.45, 7) is 9.27. The largest absolute Gasteiger partial charge is 0.310 e. The molecule has 0 amide bonds. The highest BCUT2D eigenvalue weighted by molar-refractivity contribution is 5.92. The van der Waals surface area contributed by atoms with E-state index in [0.717, 1.165) is 44.9 Å². The van der Waals surface area contributed by atoms with E-state index in [-0.39, 0.29) is 16.2 Å². The Kier molecular flexibility index (Phi) is 10.1. The molecule has 9 aromatic carbocycles. The molecule has 6 aliphatic rings. The minimum Gasteiger partial charge on any atom is -0.310 e. The minimum absolute atomic E-state index is 0.104. The number of nitrogens with zero attached hydrogens (tertiary/aromatic N) is 2. The maximum atomic E-state index is 2.58. The summed E-state index contributed by atoms with van der Waals surface area (Å²) in [5, 5.41) is 0. The van der Waals surface area contributed by atoms with Gasteiger partial charge in [-0.15, -0.1) is 0 Å². The van der Waals surface area contributed by atoms with Gasteiger partial charge in [-0.25, -0.2) is 0 Å². The highest BCUT2D eigenvalue weighted by atomic mass is 15.2. The summed E-state index contributed by atoms with van der Waals surface area (Å²) in [7, 11) is 0. The van der Waals surface area contributed by atoms with Crippen molar-refractivity contribution in [3.05, 3.63) is 284 Å². The van der Waals surface area contributed by atoms with Gasteiger partial charge in [-0.05, 0) is 195 Å². The maximum Gasteiger partial charge on any atom is 0.0502 e. The standard InChI is InChI=1S/C74H62N2/c1-5-51-19-11-15-27-69(51)75(68-26-14-6-18-48(68)2)56-34-38-60-58-36-32-49(40-64(58)73(66(60)42-56)44-52-20-7-8-21-53(52)45-73)30-31-50-33-37-59-61-39-35-57(43-67(61)74(65(59)41-50)46-54-22-9-10-23-55(54)47-74)76-70-28-16-12-24-62(70)72(3,4)63-25-13-17-29-71(63)76/h6-9,11-22,24-43H,5,10,23,44-47H2,1-4H3. The Morgan fingerprint density at radius 2 is 1.04 bits per heavy atom. The lowest BCUT2D eigenvalue weighted by atomic mass is 9.73. The fourth-order valence-electron chi connectivity index (χ4n) is 15.2. The van der Waals surface area contributed by atoms with Gasteiger partial charge in [0.05, 0.1) is 11.4 Å². The number of anilines is 6. The molecule has 1 aliphatic heterocycles. The van der Waals surface area contributed by atoms with Crippen LogP contribution in [0.1, 0.15) is 113 Å². The van der Waals surface area contributed by atoms with Crippen LogP contribution in [0.25, 0.3) is 34.4 Å². The lowest BCUT2D eigenvalue weighted by Crippen LogP contribution is -2.30. The summed E-state index contributed by atoms with van der Waals surface area (Å²) in [5.41, 5.74) is 32.4. The van der Waals surface area contributed by atoms with Gasteiger partial charge < -0.3 is 9.80 Å². The van der Waals surface area contributed by atoms with Crippen molar-refractivity contribution in [2.45, 2.75) is 88.9 Å². The molecule has 1 unspecified atom stereocenters. The molecule has 0 fully saturated rings. The van der Waals surface area contributed by atoms with Crippen molar-refractivity contribution in [1.82, 2.24) is 0 Å². The van der Waals surface area contributed by atoms with Crippen molar-refractivity contribution in [3.8, 4) is 22.3 Å². The molecule has 1 heterocycles. The minimum atomic E-state index is -0.169. The molecule has 0 saturated carbocycles. The fourth-order valence-corrected chi connectivity index (χ4v) is 15.2. The Hall–Kier alpha value is -8.20. The van der Waals surface area contributed by atoms with Crippen LogP contribution in [0.15, 0.2) is 217 Å². The predicted octanol–water partition coefficient (Wildman–Crippen LogP) is 19.1. The quantitative estimate of drug-likeness (QED) is 0.147. The molecule has 15 rings (SSSR count). The average Bonchev–Trinajstić information content (AvgIpc) is 4.39. The second kappa shape index (κ2) is 16.9. The fraction of sp³-hybridized carbons (Fsp3) is 0.189. The van der Waals surface area contributed by atoms with Crippen molar-refractivity contribution in [2.75, 3.05) is 9.80 Å². The van der Waals surface area contributed by atoms with E-state index in [1.807, 2.05) is 0 Å². The molecule has 76 heavy (non-hydrogen) atoms. The lowest BCUT2D eigenvalue weighted by Gasteiger charge is -2.42. The van der Waals surface area contributed by atoms with Gasteiger partial charge in [0.25, 0.3) is 0 Å². The Labute approximate surface area is 449 Å².